The van der Waals surface area contributed by atoms with Crippen molar-refractivity contribution in [1.82, 2.24) is 0 Å². The number of rotatable bonds is 6. The minimum absolute atomic E-state index is 0.00246. The molecule has 5 heteroatoms. The molecule has 2 N–H and O–H groups in total. The summed E-state index contributed by atoms with van der Waals surface area (Å²) in [5.74, 6) is 0.318. The number of hydrogen-bond donors (Lipinski definition) is 2. The Bertz CT molecular complexity index is 865. The van der Waals surface area contributed by atoms with E-state index in [9.17, 15) is 15.0 Å². The van der Waals surface area contributed by atoms with Gasteiger partial charge in [0.25, 0.3) is 0 Å². The number of fused-ring (bicyclic) bond motifs is 1. The van der Waals surface area contributed by atoms with Crippen molar-refractivity contribution < 1.29 is 19.7 Å². The first kappa shape index (κ1) is 22.8. The van der Waals surface area contributed by atoms with Gasteiger partial charge in [0.1, 0.15) is 0 Å². The molecule has 168 valence electrons. The molecule has 2 unspecified atom stereocenters. The molecule has 1 aromatic rings. The van der Waals surface area contributed by atoms with E-state index in [0.717, 1.165) is 31.3 Å². The van der Waals surface area contributed by atoms with Crippen LogP contribution in [-0.4, -0.2) is 50.5 Å². The Morgan fingerprint density at radius 1 is 1.26 bits per heavy atom. The van der Waals surface area contributed by atoms with Crippen LogP contribution in [-0.2, 0) is 9.53 Å². The van der Waals surface area contributed by atoms with E-state index in [2.05, 4.69) is 37.8 Å². The average molecular weight is 490 g/mol. The van der Waals surface area contributed by atoms with Gasteiger partial charge < -0.3 is 0 Å². The number of benzene rings is 1. The number of cyclic esters (lactones) is 1. The first-order valence-corrected chi connectivity index (χ1v) is 13.2. The molecule has 1 aliphatic heterocycles. The van der Waals surface area contributed by atoms with Gasteiger partial charge in [-0.15, -0.1) is 0 Å². The van der Waals surface area contributed by atoms with Crippen molar-refractivity contribution >= 4 is 25.4 Å². The molecule has 31 heavy (non-hydrogen) atoms. The van der Waals surface area contributed by atoms with Crippen LogP contribution in [0.15, 0.2) is 54.1 Å². The third-order valence-corrected chi connectivity index (χ3v) is 10.9. The van der Waals surface area contributed by atoms with E-state index in [4.69, 9.17) is 4.74 Å². The SMILES string of the molecule is C=C1CCC2[C@](C)(CO)[C@H](O)CC[C@]2(C)[C@H]1CC([Se]c1ccccc1)C1=CCOC1=O. The Balaban J connectivity index is 1.66. The van der Waals surface area contributed by atoms with Gasteiger partial charge in [-0.2, -0.15) is 0 Å². The molecule has 2 saturated carbocycles. The summed E-state index contributed by atoms with van der Waals surface area (Å²) in [5.41, 5.74) is 1.55. The van der Waals surface area contributed by atoms with Gasteiger partial charge in [0.05, 0.1) is 0 Å². The third-order valence-electron chi connectivity index (χ3n) is 8.27. The van der Waals surface area contributed by atoms with E-state index in [1.165, 1.54) is 10.0 Å². The molecule has 6 atom stereocenters. The molecule has 1 aromatic carbocycles. The minimum atomic E-state index is -0.489. The fourth-order valence-corrected chi connectivity index (χ4v) is 9.01. The van der Waals surface area contributed by atoms with Crippen molar-refractivity contribution in [3.8, 4) is 0 Å². The van der Waals surface area contributed by atoms with Crippen molar-refractivity contribution in [2.24, 2.45) is 22.7 Å². The molecule has 0 spiro atoms. The van der Waals surface area contributed by atoms with Gasteiger partial charge in [-0.05, 0) is 0 Å². The summed E-state index contributed by atoms with van der Waals surface area (Å²) in [7, 11) is 0. The van der Waals surface area contributed by atoms with E-state index < -0.39 is 11.5 Å². The molecule has 2 aliphatic carbocycles. The molecule has 0 radical (unpaired) electrons. The second-order valence-electron chi connectivity index (χ2n) is 9.94. The van der Waals surface area contributed by atoms with Gasteiger partial charge in [0.2, 0.25) is 0 Å². The summed E-state index contributed by atoms with van der Waals surface area (Å²) in [4.78, 5) is 12.6. The predicted octanol–water partition coefficient (Wildman–Crippen LogP) is 3.42. The van der Waals surface area contributed by atoms with Gasteiger partial charge in [0.15, 0.2) is 0 Å². The molecule has 4 nitrogen and oxygen atoms in total. The van der Waals surface area contributed by atoms with Crippen LogP contribution in [0, 0.1) is 22.7 Å². The Labute approximate surface area is 191 Å². The average Bonchev–Trinajstić information content (AvgIpc) is 3.19. The van der Waals surface area contributed by atoms with Gasteiger partial charge in [-0.25, -0.2) is 0 Å². The maximum atomic E-state index is 12.5. The second kappa shape index (κ2) is 8.86. The summed E-state index contributed by atoms with van der Waals surface area (Å²) < 4.78 is 6.57. The van der Waals surface area contributed by atoms with Crippen LogP contribution >= 0.6 is 0 Å². The summed E-state index contributed by atoms with van der Waals surface area (Å²) >= 11 is 0.106. The third kappa shape index (κ3) is 4.06. The van der Waals surface area contributed by atoms with Crippen molar-refractivity contribution in [1.29, 1.82) is 0 Å². The Hall–Kier alpha value is -1.39. The van der Waals surface area contributed by atoms with E-state index in [1.807, 2.05) is 19.1 Å². The molecule has 4 rings (SSSR count). The van der Waals surface area contributed by atoms with Crippen molar-refractivity contribution in [3.63, 3.8) is 0 Å². The van der Waals surface area contributed by atoms with Crippen LogP contribution in [0.5, 0.6) is 0 Å². The summed E-state index contributed by atoms with van der Waals surface area (Å²) in [6.45, 7) is 9.23. The fourth-order valence-electron chi connectivity index (χ4n) is 6.39. The molecule has 0 bridgehead atoms. The topological polar surface area (TPSA) is 66.8 Å². The van der Waals surface area contributed by atoms with Gasteiger partial charge in [0, 0.05) is 0 Å². The van der Waals surface area contributed by atoms with Crippen LogP contribution in [0.4, 0.5) is 0 Å². The Morgan fingerprint density at radius 3 is 2.65 bits per heavy atom. The Kier molecular flexibility index (Phi) is 6.51. The first-order chi connectivity index (χ1) is 14.8. The van der Waals surface area contributed by atoms with Crippen LogP contribution in [0.3, 0.4) is 0 Å². The van der Waals surface area contributed by atoms with E-state index in [1.54, 1.807) is 0 Å². The zero-order valence-electron chi connectivity index (χ0n) is 18.5. The number of allylic oxidation sites excluding steroid dienone is 1. The second-order valence-corrected chi connectivity index (χ2v) is 12.6. The van der Waals surface area contributed by atoms with Crippen LogP contribution in [0.25, 0.3) is 0 Å². The van der Waals surface area contributed by atoms with Crippen molar-refractivity contribution in [2.45, 2.75) is 56.9 Å². The van der Waals surface area contributed by atoms with Crippen molar-refractivity contribution in [3.05, 3.63) is 54.1 Å². The summed E-state index contributed by atoms with van der Waals surface area (Å²) in [6.07, 6.45) is 5.87. The quantitative estimate of drug-likeness (QED) is 0.365. The predicted molar refractivity (Wildman–Crippen MR) is 123 cm³/mol. The molecule has 2 fully saturated rings. The fraction of sp³-hybridized carbons (Fsp3) is 0.577. The summed E-state index contributed by atoms with van der Waals surface area (Å²) in [5, 5.41) is 21.0. The number of esters is 1. The Morgan fingerprint density at radius 2 is 2.00 bits per heavy atom. The van der Waals surface area contributed by atoms with Crippen LogP contribution < -0.4 is 4.46 Å². The molecule has 0 aromatic heterocycles. The van der Waals surface area contributed by atoms with Gasteiger partial charge in [-0.1, -0.05) is 0 Å². The normalized spacial score (nSPS) is 36.5. The number of aliphatic hydroxyl groups is 2. The molecule has 0 amide bonds. The standard InChI is InChI=1S/C26H34O4Se/c1-17-9-10-22-25(2,13-11-23(28)26(22,3)16-27)20(17)15-21(19-12-14-30-24(19)29)31-18-7-5-4-6-8-18/h4-8,12,20-23,27-28H,1,9-11,13-16H2,2-3H3/t20-,21?,22?,23+,25+,26-/m0/s1. The van der Waals surface area contributed by atoms with Gasteiger partial charge in [-0.3, -0.25) is 0 Å². The monoisotopic (exact) mass is 490 g/mol. The molecule has 0 saturated heterocycles. The number of carbonyl (C=O) groups is 1. The maximum absolute atomic E-state index is 12.5. The van der Waals surface area contributed by atoms with Gasteiger partial charge >= 0.3 is 192 Å². The van der Waals surface area contributed by atoms with Crippen LogP contribution in [0.2, 0.25) is 4.82 Å². The number of carbonyl (C=O) groups excluding carboxylic acids is 1. The molecular weight excluding hydrogens is 455 g/mol. The molecule has 3 aliphatic rings. The summed E-state index contributed by atoms with van der Waals surface area (Å²) in [6, 6.07) is 10.4. The number of aliphatic hydroxyl groups excluding tert-OH is 2. The zero-order valence-corrected chi connectivity index (χ0v) is 20.3. The van der Waals surface area contributed by atoms with Crippen LogP contribution in [0.1, 0.15) is 46.0 Å². The molecular formula is C26H34O4Se. The first-order valence-electron chi connectivity index (χ1n) is 11.3. The van der Waals surface area contributed by atoms with Crippen molar-refractivity contribution in [2.75, 3.05) is 13.2 Å². The number of hydrogen-bond acceptors (Lipinski definition) is 4. The zero-order chi connectivity index (χ0) is 22.2. The van der Waals surface area contributed by atoms with E-state index in [0.29, 0.717) is 13.0 Å². The van der Waals surface area contributed by atoms with E-state index >= 15 is 0 Å². The number of ether oxygens (including phenoxy) is 1. The molecule has 1 heterocycles. The van der Waals surface area contributed by atoms with E-state index in [-0.39, 0.29) is 49.6 Å².